The van der Waals surface area contributed by atoms with Crippen molar-refractivity contribution in [2.45, 2.75) is 45.2 Å². The first-order chi connectivity index (χ1) is 10.3. The molecule has 0 spiro atoms. The van der Waals surface area contributed by atoms with Crippen molar-refractivity contribution in [1.29, 1.82) is 5.26 Å². The number of benzene rings is 1. The predicted molar refractivity (Wildman–Crippen MR) is 87.4 cm³/mol. The zero-order chi connectivity index (χ0) is 14.7. The second-order valence-corrected chi connectivity index (χ2v) is 6.89. The number of fused-ring (bicyclic) bond motifs is 1. The van der Waals surface area contributed by atoms with Gasteiger partial charge in [-0.3, -0.25) is 0 Å². The zero-order valence-electron chi connectivity index (χ0n) is 12.4. The van der Waals surface area contributed by atoms with Crippen LogP contribution in [0.5, 0.6) is 0 Å². The van der Waals surface area contributed by atoms with Crippen LogP contribution in [0.3, 0.4) is 0 Å². The molecule has 0 bridgehead atoms. The number of nitrogens with one attached hydrogen (secondary N) is 1. The second kappa shape index (κ2) is 6.43. The van der Waals surface area contributed by atoms with Gasteiger partial charge in [0.05, 0.1) is 11.6 Å². The topological polar surface area (TPSA) is 35.8 Å². The Kier molecular flexibility index (Phi) is 4.38. The van der Waals surface area contributed by atoms with E-state index in [9.17, 15) is 0 Å². The average molecular weight is 296 g/mol. The van der Waals surface area contributed by atoms with Gasteiger partial charge in [0.15, 0.2) is 0 Å². The van der Waals surface area contributed by atoms with Crippen molar-refractivity contribution in [1.82, 2.24) is 5.32 Å². The largest absolute Gasteiger partial charge is 0.305 e. The smallest absolute Gasteiger partial charge is 0.0991 e. The highest BCUT2D eigenvalue weighted by Gasteiger charge is 2.16. The van der Waals surface area contributed by atoms with Crippen LogP contribution in [-0.4, -0.2) is 0 Å². The van der Waals surface area contributed by atoms with E-state index in [2.05, 4.69) is 30.4 Å². The lowest BCUT2D eigenvalue weighted by Crippen LogP contribution is -2.17. The monoisotopic (exact) mass is 296 g/mol. The van der Waals surface area contributed by atoms with Gasteiger partial charge in [-0.2, -0.15) is 5.26 Å². The maximum Gasteiger partial charge on any atom is 0.0991 e. The number of nitriles is 1. The van der Waals surface area contributed by atoms with Crippen LogP contribution in [0, 0.1) is 11.3 Å². The molecule has 0 saturated carbocycles. The lowest BCUT2D eigenvalue weighted by Gasteiger charge is -2.12. The highest BCUT2D eigenvalue weighted by Crippen LogP contribution is 2.32. The number of thiophene rings is 1. The van der Waals surface area contributed by atoms with Gasteiger partial charge >= 0.3 is 0 Å². The summed E-state index contributed by atoms with van der Waals surface area (Å²) < 4.78 is 0. The molecule has 0 amide bonds. The molecular weight excluding hydrogens is 276 g/mol. The molecule has 0 aliphatic heterocycles. The van der Waals surface area contributed by atoms with Crippen LogP contribution < -0.4 is 5.32 Å². The molecule has 0 saturated heterocycles. The summed E-state index contributed by atoms with van der Waals surface area (Å²) in [6, 6.07) is 12.8. The minimum Gasteiger partial charge on any atom is -0.305 e. The summed E-state index contributed by atoms with van der Waals surface area (Å²) in [5.74, 6) is 0. The molecule has 108 valence electrons. The van der Waals surface area contributed by atoms with E-state index in [1.54, 1.807) is 10.4 Å². The van der Waals surface area contributed by atoms with Crippen LogP contribution >= 0.6 is 11.3 Å². The molecule has 2 aromatic rings. The molecule has 1 atom stereocenters. The van der Waals surface area contributed by atoms with E-state index >= 15 is 0 Å². The maximum absolute atomic E-state index is 8.94. The van der Waals surface area contributed by atoms with E-state index in [1.165, 1.54) is 36.1 Å². The highest BCUT2D eigenvalue weighted by atomic mass is 32.1. The van der Waals surface area contributed by atoms with Gasteiger partial charge in [0.25, 0.3) is 0 Å². The summed E-state index contributed by atoms with van der Waals surface area (Å²) in [6.07, 6.45) is 5.20. The molecular formula is C18H20N2S. The van der Waals surface area contributed by atoms with Crippen LogP contribution in [0.4, 0.5) is 0 Å². The molecule has 1 unspecified atom stereocenters. The van der Waals surface area contributed by atoms with Crippen molar-refractivity contribution in [3.8, 4) is 6.07 Å². The molecule has 0 radical (unpaired) electrons. The molecule has 1 aliphatic rings. The summed E-state index contributed by atoms with van der Waals surface area (Å²) in [6.45, 7) is 3.03. The summed E-state index contributed by atoms with van der Waals surface area (Å²) in [7, 11) is 0. The van der Waals surface area contributed by atoms with Crippen molar-refractivity contribution >= 4 is 11.3 Å². The third-order valence-electron chi connectivity index (χ3n) is 4.11. The molecule has 1 heterocycles. The van der Waals surface area contributed by atoms with E-state index in [0.29, 0.717) is 6.04 Å². The minimum absolute atomic E-state index is 0.367. The minimum atomic E-state index is 0.367. The molecule has 2 nitrogen and oxygen atoms in total. The van der Waals surface area contributed by atoms with Gasteiger partial charge in [0.1, 0.15) is 0 Å². The van der Waals surface area contributed by atoms with Gasteiger partial charge in [-0.15, -0.1) is 11.3 Å². The van der Waals surface area contributed by atoms with Gasteiger partial charge in [0, 0.05) is 22.3 Å². The number of nitrogens with zero attached hydrogens (tertiary/aromatic N) is 1. The number of hydrogen-bond acceptors (Lipinski definition) is 3. The molecule has 0 fully saturated rings. The van der Waals surface area contributed by atoms with Crippen molar-refractivity contribution in [3.05, 3.63) is 56.8 Å². The van der Waals surface area contributed by atoms with Crippen molar-refractivity contribution in [2.24, 2.45) is 0 Å². The fraction of sp³-hybridized carbons (Fsp3) is 0.389. The van der Waals surface area contributed by atoms with Crippen molar-refractivity contribution in [3.63, 3.8) is 0 Å². The summed E-state index contributed by atoms with van der Waals surface area (Å²) in [4.78, 5) is 3.04. The fourth-order valence-corrected chi connectivity index (χ4v) is 4.13. The van der Waals surface area contributed by atoms with Crippen molar-refractivity contribution < 1.29 is 0 Å². The quantitative estimate of drug-likeness (QED) is 0.910. The molecule has 1 aromatic carbocycles. The number of rotatable bonds is 4. The highest BCUT2D eigenvalue weighted by molar-refractivity contribution is 7.12. The van der Waals surface area contributed by atoms with Gasteiger partial charge in [-0.1, -0.05) is 12.1 Å². The zero-order valence-corrected chi connectivity index (χ0v) is 13.2. The van der Waals surface area contributed by atoms with Gasteiger partial charge < -0.3 is 5.32 Å². The molecule has 3 heteroatoms. The molecule has 1 N–H and O–H groups in total. The Bertz CT molecular complexity index is 643. The van der Waals surface area contributed by atoms with Gasteiger partial charge in [-0.05, 0) is 61.9 Å². The normalized spacial score (nSPS) is 15.2. The Balaban J connectivity index is 1.64. The van der Waals surface area contributed by atoms with Crippen molar-refractivity contribution in [2.75, 3.05) is 0 Å². The molecule has 1 aliphatic carbocycles. The molecule has 21 heavy (non-hydrogen) atoms. The maximum atomic E-state index is 8.94. The molecule has 3 rings (SSSR count). The number of hydrogen-bond donors (Lipinski definition) is 1. The Labute approximate surface area is 130 Å². The predicted octanol–water partition coefficient (Wildman–Crippen LogP) is 4.35. The summed E-state index contributed by atoms with van der Waals surface area (Å²) in [5.41, 5.74) is 3.47. The lowest BCUT2D eigenvalue weighted by atomic mass is 9.99. The Morgan fingerprint density at radius 3 is 2.95 bits per heavy atom. The van der Waals surface area contributed by atoms with Gasteiger partial charge in [0.2, 0.25) is 0 Å². The van der Waals surface area contributed by atoms with E-state index < -0.39 is 0 Å². The fourth-order valence-electron chi connectivity index (χ4n) is 2.85. The van der Waals surface area contributed by atoms with Crippen LogP contribution in [0.15, 0.2) is 30.3 Å². The van der Waals surface area contributed by atoms with E-state index in [-0.39, 0.29) is 0 Å². The molecule has 1 aromatic heterocycles. The van der Waals surface area contributed by atoms with Gasteiger partial charge in [-0.25, -0.2) is 0 Å². The van der Waals surface area contributed by atoms with E-state index in [4.69, 9.17) is 5.26 Å². The third-order valence-corrected chi connectivity index (χ3v) is 5.53. The van der Waals surface area contributed by atoms with E-state index in [0.717, 1.165) is 12.1 Å². The Morgan fingerprint density at radius 1 is 1.29 bits per heavy atom. The summed E-state index contributed by atoms with van der Waals surface area (Å²) >= 11 is 1.97. The van der Waals surface area contributed by atoms with Crippen LogP contribution in [0.2, 0.25) is 0 Å². The van der Waals surface area contributed by atoms with E-state index in [1.807, 2.05) is 29.5 Å². The SMILES string of the molecule is CC(NCc1cccc(C#N)c1)c1cc2c(s1)CCCC2. The second-order valence-electron chi connectivity index (χ2n) is 5.72. The third kappa shape index (κ3) is 3.34. The van der Waals surface area contributed by atoms with Crippen LogP contribution in [0.25, 0.3) is 0 Å². The first kappa shape index (κ1) is 14.3. The summed E-state index contributed by atoms with van der Waals surface area (Å²) in [5, 5.41) is 12.5. The first-order valence-corrected chi connectivity index (χ1v) is 8.42. The average Bonchev–Trinajstić information content (AvgIpc) is 2.97. The lowest BCUT2D eigenvalue weighted by molar-refractivity contribution is 0.582. The Morgan fingerprint density at radius 2 is 2.14 bits per heavy atom. The number of aryl methyl sites for hydroxylation is 2. The first-order valence-electron chi connectivity index (χ1n) is 7.60. The van der Waals surface area contributed by atoms with Crippen LogP contribution in [0.1, 0.15) is 52.3 Å². The standard InChI is InChI=1S/C18H20N2S/c1-13(18-10-16-7-2-3-8-17(16)21-18)20-12-15-6-4-5-14(9-15)11-19/h4-6,9-10,13,20H,2-3,7-8,12H2,1H3. The van der Waals surface area contributed by atoms with Crippen LogP contribution in [-0.2, 0) is 19.4 Å². The Hall–Kier alpha value is -1.63.